The van der Waals surface area contributed by atoms with Crippen LogP contribution in [0, 0.1) is 11.3 Å². The van der Waals surface area contributed by atoms with Gasteiger partial charge in [-0.3, -0.25) is 4.79 Å². The van der Waals surface area contributed by atoms with Crippen LogP contribution in [0.5, 0.6) is 11.5 Å². The molecule has 2 aromatic rings. The zero-order valence-electron chi connectivity index (χ0n) is 12.7. The first-order valence-electron chi connectivity index (χ1n) is 6.84. The minimum Gasteiger partial charge on any atom is -0.508 e. The summed E-state index contributed by atoms with van der Waals surface area (Å²) in [5.41, 5.74) is 0.951. The summed E-state index contributed by atoms with van der Waals surface area (Å²) in [6.45, 7) is 0. The van der Waals surface area contributed by atoms with Crippen LogP contribution in [0.1, 0.15) is 0 Å². The van der Waals surface area contributed by atoms with Gasteiger partial charge >= 0.3 is 0 Å². The fourth-order valence-corrected chi connectivity index (χ4v) is 2.06. The number of phenolic OH excluding ortho intramolecular Hbond substituents is 1. The number of halogens is 1. The number of aromatic hydroxyl groups is 1. The van der Waals surface area contributed by atoms with E-state index >= 15 is 0 Å². The number of hydrogen-bond acceptors (Lipinski definition) is 5. The van der Waals surface area contributed by atoms with E-state index < -0.39 is 5.91 Å². The smallest absolute Gasteiger partial charge is 0.267 e. The Morgan fingerprint density at radius 3 is 2.50 bits per heavy atom. The van der Waals surface area contributed by atoms with Crippen molar-refractivity contribution in [1.82, 2.24) is 0 Å². The first-order valence-corrected chi connectivity index (χ1v) is 7.22. The van der Waals surface area contributed by atoms with Crippen LogP contribution in [0.3, 0.4) is 0 Å². The highest BCUT2D eigenvalue weighted by atomic mass is 35.5. The average molecular weight is 344 g/mol. The first kappa shape index (κ1) is 17.2. The van der Waals surface area contributed by atoms with E-state index in [9.17, 15) is 9.90 Å². The summed E-state index contributed by atoms with van der Waals surface area (Å²) in [6, 6.07) is 12.8. The van der Waals surface area contributed by atoms with Crippen molar-refractivity contribution in [3.05, 3.63) is 59.3 Å². The molecule has 0 aromatic heterocycles. The number of anilines is 2. The molecule has 0 radical (unpaired) electrons. The van der Waals surface area contributed by atoms with Gasteiger partial charge in [0.05, 0.1) is 12.1 Å². The Hall–Kier alpha value is -3.17. The average Bonchev–Trinajstić information content (AvgIpc) is 2.57. The SMILES string of the molecule is COc1ccc(NC(=O)/C(C#N)=C\Nc2ccc(O)cc2)cc1Cl. The number of methoxy groups -OCH3 is 1. The van der Waals surface area contributed by atoms with E-state index in [4.69, 9.17) is 21.6 Å². The van der Waals surface area contributed by atoms with Crippen molar-refractivity contribution >= 4 is 28.9 Å². The number of rotatable bonds is 5. The van der Waals surface area contributed by atoms with Gasteiger partial charge in [-0.1, -0.05) is 11.6 Å². The van der Waals surface area contributed by atoms with Gasteiger partial charge in [-0.2, -0.15) is 5.26 Å². The Kier molecular flexibility index (Phi) is 5.66. The molecule has 2 aromatic carbocycles. The molecule has 1 amide bonds. The Labute approximate surface area is 143 Å². The first-order chi connectivity index (χ1) is 11.5. The second-order valence-electron chi connectivity index (χ2n) is 4.66. The van der Waals surface area contributed by atoms with E-state index in [0.717, 1.165) is 0 Å². The quantitative estimate of drug-likeness (QED) is 0.438. The van der Waals surface area contributed by atoms with E-state index in [-0.39, 0.29) is 11.3 Å². The molecule has 6 nitrogen and oxygen atoms in total. The zero-order valence-corrected chi connectivity index (χ0v) is 13.5. The summed E-state index contributed by atoms with van der Waals surface area (Å²) >= 11 is 5.99. The van der Waals surface area contributed by atoms with Crippen molar-refractivity contribution in [2.75, 3.05) is 17.7 Å². The van der Waals surface area contributed by atoms with Crippen LogP contribution in [0.25, 0.3) is 0 Å². The number of benzene rings is 2. The minimum absolute atomic E-state index is 0.116. The third kappa shape index (κ3) is 4.41. The van der Waals surface area contributed by atoms with Gasteiger partial charge in [0.25, 0.3) is 5.91 Å². The number of carbonyl (C=O) groups excluding carboxylic acids is 1. The second-order valence-corrected chi connectivity index (χ2v) is 5.07. The molecule has 2 rings (SSSR count). The van der Waals surface area contributed by atoms with Gasteiger partial charge in [0.2, 0.25) is 0 Å². The molecule has 0 atom stereocenters. The summed E-state index contributed by atoms with van der Waals surface area (Å²) in [5, 5.41) is 24.1. The molecule has 0 saturated carbocycles. The largest absolute Gasteiger partial charge is 0.508 e. The predicted molar refractivity (Wildman–Crippen MR) is 92.1 cm³/mol. The molecule has 7 heteroatoms. The van der Waals surface area contributed by atoms with Crippen molar-refractivity contribution in [1.29, 1.82) is 5.26 Å². The van der Waals surface area contributed by atoms with Crippen LogP contribution in [0.2, 0.25) is 5.02 Å². The van der Waals surface area contributed by atoms with Crippen LogP contribution < -0.4 is 15.4 Å². The van der Waals surface area contributed by atoms with Gasteiger partial charge in [0.1, 0.15) is 23.1 Å². The summed E-state index contributed by atoms with van der Waals surface area (Å²) in [4.78, 5) is 12.1. The molecule has 3 N–H and O–H groups in total. The van der Waals surface area contributed by atoms with Gasteiger partial charge in [-0.05, 0) is 42.5 Å². The zero-order chi connectivity index (χ0) is 17.5. The topological polar surface area (TPSA) is 94.4 Å². The number of ether oxygens (including phenoxy) is 1. The van der Waals surface area contributed by atoms with E-state index in [1.54, 1.807) is 24.3 Å². The van der Waals surface area contributed by atoms with E-state index in [0.29, 0.717) is 22.1 Å². The van der Waals surface area contributed by atoms with Crippen LogP contribution in [0.4, 0.5) is 11.4 Å². The number of hydrogen-bond donors (Lipinski definition) is 3. The molecule has 0 unspecified atom stereocenters. The highest BCUT2D eigenvalue weighted by Crippen LogP contribution is 2.27. The Morgan fingerprint density at radius 1 is 1.25 bits per heavy atom. The maximum absolute atomic E-state index is 12.1. The maximum atomic E-state index is 12.1. The summed E-state index contributed by atoms with van der Waals surface area (Å²) in [5.74, 6) is 0.0314. The number of nitrogens with one attached hydrogen (secondary N) is 2. The lowest BCUT2D eigenvalue weighted by Gasteiger charge is -2.08. The van der Waals surface area contributed by atoms with Crippen LogP contribution in [-0.2, 0) is 4.79 Å². The number of amides is 1. The molecule has 0 aliphatic carbocycles. The Morgan fingerprint density at radius 2 is 1.92 bits per heavy atom. The molecule has 0 fully saturated rings. The molecular weight excluding hydrogens is 330 g/mol. The molecule has 122 valence electrons. The van der Waals surface area contributed by atoms with Crippen molar-refractivity contribution in [2.45, 2.75) is 0 Å². The van der Waals surface area contributed by atoms with Gasteiger partial charge in [0.15, 0.2) is 0 Å². The summed E-state index contributed by atoms with van der Waals surface area (Å²) in [6.07, 6.45) is 1.28. The van der Waals surface area contributed by atoms with Crippen LogP contribution in [-0.4, -0.2) is 18.1 Å². The van der Waals surface area contributed by atoms with E-state index in [2.05, 4.69) is 10.6 Å². The summed E-state index contributed by atoms with van der Waals surface area (Å²) in [7, 11) is 1.49. The number of nitriles is 1. The molecule has 0 saturated heterocycles. The van der Waals surface area contributed by atoms with Crippen molar-refractivity contribution in [3.8, 4) is 17.6 Å². The number of carbonyl (C=O) groups is 1. The normalized spacial score (nSPS) is 10.6. The molecular formula is C17H14ClN3O3. The van der Waals surface area contributed by atoms with Gasteiger partial charge in [-0.15, -0.1) is 0 Å². The lowest BCUT2D eigenvalue weighted by Crippen LogP contribution is -2.14. The van der Waals surface area contributed by atoms with Crippen molar-refractivity contribution in [2.24, 2.45) is 0 Å². The van der Waals surface area contributed by atoms with Crippen LogP contribution in [0.15, 0.2) is 54.2 Å². The fraction of sp³-hybridized carbons (Fsp3) is 0.0588. The van der Waals surface area contributed by atoms with Crippen LogP contribution >= 0.6 is 11.6 Å². The van der Waals surface area contributed by atoms with Crippen molar-refractivity contribution in [3.63, 3.8) is 0 Å². The molecule has 0 heterocycles. The number of nitrogens with zero attached hydrogens (tertiary/aromatic N) is 1. The Balaban J connectivity index is 2.08. The third-order valence-electron chi connectivity index (χ3n) is 3.03. The van der Waals surface area contributed by atoms with Gasteiger partial charge in [-0.25, -0.2) is 0 Å². The molecule has 0 aliphatic rings. The van der Waals surface area contributed by atoms with Gasteiger partial charge in [0, 0.05) is 17.6 Å². The van der Waals surface area contributed by atoms with Gasteiger partial charge < -0.3 is 20.5 Å². The predicted octanol–water partition coefficient (Wildman–Crippen LogP) is 3.51. The second kappa shape index (κ2) is 7.90. The number of phenols is 1. The van der Waals surface area contributed by atoms with E-state index in [1.807, 2.05) is 6.07 Å². The highest BCUT2D eigenvalue weighted by Gasteiger charge is 2.10. The highest BCUT2D eigenvalue weighted by molar-refractivity contribution is 6.32. The standard InChI is InChI=1S/C17H14ClN3O3/c1-24-16-7-4-13(8-15(16)18)21-17(23)11(9-19)10-20-12-2-5-14(22)6-3-12/h2-8,10,20,22H,1H3,(H,21,23)/b11-10-. The lowest BCUT2D eigenvalue weighted by atomic mass is 10.2. The Bertz CT molecular complexity index is 811. The molecule has 0 spiro atoms. The summed E-state index contributed by atoms with van der Waals surface area (Å²) < 4.78 is 5.03. The molecule has 0 bridgehead atoms. The monoisotopic (exact) mass is 343 g/mol. The molecule has 24 heavy (non-hydrogen) atoms. The minimum atomic E-state index is -0.579. The van der Waals surface area contributed by atoms with E-state index in [1.165, 1.54) is 31.5 Å². The van der Waals surface area contributed by atoms with Crippen molar-refractivity contribution < 1.29 is 14.6 Å². The molecule has 0 aliphatic heterocycles. The third-order valence-corrected chi connectivity index (χ3v) is 3.32. The fourth-order valence-electron chi connectivity index (χ4n) is 1.80. The maximum Gasteiger partial charge on any atom is 0.267 e. The lowest BCUT2D eigenvalue weighted by molar-refractivity contribution is -0.112.